The number of benzene rings is 3. The lowest BCUT2D eigenvalue weighted by atomic mass is 10.1. The van der Waals surface area contributed by atoms with E-state index in [1.165, 1.54) is 14.2 Å². The molecule has 0 aliphatic carbocycles. The molecule has 0 saturated heterocycles. The maximum absolute atomic E-state index is 10.0. The van der Waals surface area contributed by atoms with Gasteiger partial charge in [-0.05, 0) is 64.7 Å². The average Bonchev–Trinajstić information content (AvgIpc) is 2.70. The fourth-order valence-corrected chi connectivity index (χ4v) is 2.86. The molecular weight excluding hydrogens is 368 g/mol. The van der Waals surface area contributed by atoms with E-state index in [9.17, 15) is 15.3 Å². The number of phenolic OH excluding ortho intramolecular Hbond substituents is 3. The molecule has 0 unspecified atom stereocenters. The zero-order valence-corrected chi connectivity index (χ0v) is 16.2. The number of hydrogen-bond donors (Lipinski definition) is 3. The summed E-state index contributed by atoms with van der Waals surface area (Å²) in [4.78, 5) is 0. The van der Waals surface area contributed by atoms with Crippen LogP contribution in [-0.2, 0) is 0 Å². The minimum Gasteiger partial charge on any atom is -0.508 e. The lowest BCUT2D eigenvalue weighted by Crippen LogP contribution is -1.84. The highest BCUT2D eigenvalue weighted by Crippen LogP contribution is 2.28. The van der Waals surface area contributed by atoms with Gasteiger partial charge in [-0.25, -0.2) is 0 Å². The Morgan fingerprint density at radius 3 is 1.34 bits per heavy atom. The SMILES string of the molecule is COc1ccc(C=Cc2cc(O)cc(C=Cc3ccc(OC)c(O)c3)c2)cc1O. The minimum atomic E-state index is 0.0666. The van der Waals surface area contributed by atoms with Crippen molar-refractivity contribution >= 4 is 24.3 Å². The topological polar surface area (TPSA) is 79.2 Å². The van der Waals surface area contributed by atoms with Crippen LogP contribution in [-0.4, -0.2) is 29.5 Å². The molecular formula is C24H22O5. The van der Waals surface area contributed by atoms with Gasteiger partial charge in [0.1, 0.15) is 5.75 Å². The molecule has 0 spiro atoms. The number of hydrogen-bond acceptors (Lipinski definition) is 5. The highest BCUT2D eigenvalue weighted by atomic mass is 16.5. The van der Waals surface area contributed by atoms with Gasteiger partial charge in [-0.15, -0.1) is 0 Å². The first-order chi connectivity index (χ1) is 14.0. The first-order valence-electron chi connectivity index (χ1n) is 8.93. The molecule has 0 radical (unpaired) electrons. The van der Waals surface area contributed by atoms with Crippen molar-refractivity contribution < 1.29 is 24.8 Å². The molecule has 0 aliphatic rings. The molecule has 3 N–H and O–H groups in total. The van der Waals surface area contributed by atoms with Crippen molar-refractivity contribution in [1.82, 2.24) is 0 Å². The Kier molecular flexibility index (Phi) is 6.09. The summed E-state index contributed by atoms with van der Waals surface area (Å²) < 4.78 is 10.1. The minimum absolute atomic E-state index is 0.0666. The summed E-state index contributed by atoms with van der Waals surface area (Å²) in [6.07, 6.45) is 7.36. The van der Waals surface area contributed by atoms with E-state index >= 15 is 0 Å². The van der Waals surface area contributed by atoms with Crippen LogP contribution in [0.4, 0.5) is 0 Å². The normalized spacial score (nSPS) is 11.2. The van der Waals surface area contributed by atoms with E-state index in [1.54, 1.807) is 36.4 Å². The zero-order valence-electron chi connectivity index (χ0n) is 16.2. The lowest BCUT2D eigenvalue weighted by Gasteiger charge is -2.04. The molecule has 3 aromatic carbocycles. The molecule has 29 heavy (non-hydrogen) atoms. The standard InChI is InChI=1S/C24H22O5/c1-28-23-9-7-16(14-21(23)26)3-5-18-11-19(13-20(25)12-18)6-4-17-8-10-24(29-2)22(27)15-17/h3-15,25-27H,1-2H3. The van der Waals surface area contributed by atoms with Crippen molar-refractivity contribution in [2.24, 2.45) is 0 Å². The third kappa shape index (κ3) is 5.11. The van der Waals surface area contributed by atoms with Crippen LogP contribution in [0.3, 0.4) is 0 Å². The average molecular weight is 390 g/mol. The fraction of sp³-hybridized carbons (Fsp3) is 0.0833. The Morgan fingerprint density at radius 1 is 0.552 bits per heavy atom. The summed E-state index contributed by atoms with van der Waals surface area (Å²) in [6, 6.07) is 15.5. The van der Waals surface area contributed by atoms with E-state index in [1.807, 2.05) is 42.5 Å². The highest BCUT2D eigenvalue weighted by Gasteiger charge is 2.02. The zero-order chi connectivity index (χ0) is 20.8. The molecule has 0 fully saturated rings. The Balaban J connectivity index is 1.80. The lowest BCUT2D eigenvalue weighted by molar-refractivity contribution is 0.373. The first kappa shape index (κ1) is 19.9. The fourth-order valence-electron chi connectivity index (χ4n) is 2.86. The summed E-state index contributed by atoms with van der Waals surface area (Å²) in [5, 5.41) is 29.8. The molecule has 0 atom stereocenters. The molecule has 0 saturated carbocycles. The van der Waals surface area contributed by atoms with Crippen molar-refractivity contribution in [2.45, 2.75) is 0 Å². The van der Waals surface area contributed by atoms with Gasteiger partial charge < -0.3 is 24.8 Å². The molecule has 3 rings (SSSR count). The van der Waals surface area contributed by atoms with Crippen molar-refractivity contribution in [3.05, 3.63) is 76.9 Å². The van der Waals surface area contributed by atoms with Gasteiger partial charge in [0.15, 0.2) is 23.0 Å². The predicted molar refractivity (Wildman–Crippen MR) is 115 cm³/mol. The van der Waals surface area contributed by atoms with Gasteiger partial charge >= 0.3 is 0 Å². The van der Waals surface area contributed by atoms with Crippen LogP contribution in [0.15, 0.2) is 54.6 Å². The van der Waals surface area contributed by atoms with Gasteiger partial charge in [-0.2, -0.15) is 0 Å². The van der Waals surface area contributed by atoms with Crippen molar-refractivity contribution in [1.29, 1.82) is 0 Å². The largest absolute Gasteiger partial charge is 0.508 e. The van der Waals surface area contributed by atoms with Gasteiger partial charge in [-0.3, -0.25) is 0 Å². The summed E-state index contributed by atoms with van der Waals surface area (Å²) >= 11 is 0. The van der Waals surface area contributed by atoms with Crippen LogP contribution in [0.5, 0.6) is 28.7 Å². The van der Waals surface area contributed by atoms with E-state index in [-0.39, 0.29) is 17.2 Å². The maximum Gasteiger partial charge on any atom is 0.160 e. The Morgan fingerprint density at radius 2 is 0.966 bits per heavy atom. The smallest absolute Gasteiger partial charge is 0.160 e. The van der Waals surface area contributed by atoms with Crippen LogP contribution in [0.1, 0.15) is 22.3 Å². The second-order valence-corrected chi connectivity index (χ2v) is 6.39. The summed E-state index contributed by atoms with van der Waals surface area (Å²) in [5.74, 6) is 1.10. The molecule has 5 heteroatoms. The number of methoxy groups -OCH3 is 2. The molecule has 0 bridgehead atoms. The van der Waals surface area contributed by atoms with E-state index in [2.05, 4.69) is 0 Å². The predicted octanol–water partition coefficient (Wildman–Crippen LogP) is 5.16. The quantitative estimate of drug-likeness (QED) is 0.507. The van der Waals surface area contributed by atoms with E-state index in [4.69, 9.17) is 9.47 Å². The number of rotatable bonds is 6. The van der Waals surface area contributed by atoms with E-state index < -0.39 is 0 Å². The van der Waals surface area contributed by atoms with Crippen LogP contribution in [0.25, 0.3) is 24.3 Å². The molecule has 0 amide bonds. The first-order valence-corrected chi connectivity index (χ1v) is 8.93. The summed E-state index contributed by atoms with van der Waals surface area (Å²) in [6.45, 7) is 0. The summed E-state index contributed by atoms with van der Waals surface area (Å²) in [7, 11) is 3.00. The number of aromatic hydroxyl groups is 3. The number of ether oxygens (including phenoxy) is 2. The Hall–Kier alpha value is -3.86. The van der Waals surface area contributed by atoms with Crippen molar-refractivity contribution in [3.63, 3.8) is 0 Å². The van der Waals surface area contributed by atoms with Crippen LogP contribution in [0, 0.1) is 0 Å². The monoisotopic (exact) mass is 390 g/mol. The third-order valence-corrected chi connectivity index (χ3v) is 4.30. The van der Waals surface area contributed by atoms with Crippen molar-refractivity contribution in [2.75, 3.05) is 14.2 Å². The van der Waals surface area contributed by atoms with Crippen LogP contribution >= 0.6 is 0 Å². The maximum atomic E-state index is 10.0. The molecule has 0 aliphatic heterocycles. The van der Waals surface area contributed by atoms with Crippen molar-refractivity contribution in [3.8, 4) is 28.7 Å². The Bertz CT molecular complexity index is 985. The third-order valence-electron chi connectivity index (χ3n) is 4.30. The molecule has 148 valence electrons. The van der Waals surface area contributed by atoms with E-state index in [0.717, 1.165) is 22.3 Å². The van der Waals surface area contributed by atoms with Gasteiger partial charge in [-0.1, -0.05) is 36.4 Å². The Labute approximate surface area is 169 Å². The van der Waals surface area contributed by atoms with Crippen LogP contribution in [0.2, 0.25) is 0 Å². The van der Waals surface area contributed by atoms with Gasteiger partial charge in [0.05, 0.1) is 14.2 Å². The second-order valence-electron chi connectivity index (χ2n) is 6.39. The molecule has 5 nitrogen and oxygen atoms in total. The molecule has 0 aromatic heterocycles. The van der Waals surface area contributed by atoms with E-state index in [0.29, 0.717) is 11.5 Å². The second kappa shape index (κ2) is 8.89. The molecule has 0 heterocycles. The summed E-state index contributed by atoms with van der Waals surface area (Å²) in [5.41, 5.74) is 3.21. The van der Waals surface area contributed by atoms with Gasteiger partial charge in [0.2, 0.25) is 0 Å². The molecule has 3 aromatic rings. The van der Waals surface area contributed by atoms with Crippen LogP contribution < -0.4 is 9.47 Å². The van der Waals surface area contributed by atoms with Gasteiger partial charge in [0, 0.05) is 0 Å². The number of phenols is 3. The highest BCUT2D eigenvalue weighted by molar-refractivity contribution is 5.76. The van der Waals surface area contributed by atoms with Gasteiger partial charge in [0.25, 0.3) is 0 Å².